The van der Waals surface area contributed by atoms with Gasteiger partial charge in [-0.1, -0.05) is 26.7 Å². The van der Waals surface area contributed by atoms with Gasteiger partial charge in [-0.25, -0.2) is 0 Å². The van der Waals surface area contributed by atoms with Crippen molar-refractivity contribution in [1.82, 2.24) is 15.5 Å². The Bertz CT molecular complexity index is 711. The lowest BCUT2D eigenvalue weighted by atomic mass is 10.1. The molecule has 0 radical (unpaired) electrons. The van der Waals surface area contributed by atoms with E-state index in [2.05, 4.69) is 29.4 Å². The molecule has 7 nitrogen and oxygen atoms in total. The summed E-state index contributed by atoms with van der Waals surface area (Å²) < 4.78 is 16.4. The molecule has 1 aromatic carbocycles. The molecule has 2 rings (SSSR count). The van der Waals surface area contributed by atoms with E-state index in [4.69, 9.17) is 26.4 Å². The highest BCUT2D eigenvalue weighted by Crippen LogP contribution is 2.39. The zero-order valence-corrected chi connectivity index (χ0v) is 20.3. The monoisotopic (exact) mass is 451 g/mol. The van der Waals surface area contributed by atoms with E-state index < -0.39 is 0 Å². The molecule has 0 bridgehead atoms. The maximum atomic E-state index is 12.2. The summed E-state index contributed by atoms with van der Waals surface area (Å²) in [5.74, 6) is 2.33. The Morgan fingerprint density at radius 1 is 1.10 bits per heavy atom. The summed E-state index contributed by atoms with van der Waals surface area (Å²) in [7, 11) is 4.82. The number of nitrogens with one attached hydrogen (secondary N) is 2. The van der Waals surface area contributed by atoms with Crippen molar-refractivity contribution in [2.24, 2.45) is 5.92 Å². The Hall–Kier alpha value is -2.22. The van der Waals surface area contributed by atoms with Gasteiger partial charge < -0.3 is 29.7 Å². The first-order chi connectivity index (χ1) is 14.9. The predicted octanol–water partition coefficient (Wildman–Crippen LogP) is 3.49. The van der Waals surface area contributed by atoms with Gasteiger partial charge in [-0.05, 0) is 55.1 Å². The van der Waals surface area contributed by atoms with Crippen molar-refractivity contribution in [3.05, 3.63) is 17.7 Å². The topological polar surface area (TPSA) is 72.1 Å². The summed E-state index contributed by atoms with van der Waals surface area (Å²) in [5, 5.41) is 6.70. The van der Waals surface area contributed by atoms with Crippen LogP contribution in [0.25, 0.3) is 0 Å². The van der Waals surface area contributed by atoms with Gasteiger partial charge in [0.1, 0.15) is 0 Å². The van der Waals surface area contributed by atoms with Crippen molar-refractivity contribution in [2.45, 2.75) is 58.5 Å². The fraction of sp³-hybridized carbons (Fsp3) is 0.652. The molecule has 0 aromatic heterocycles. The van der Waals surface area contributed by atoms with E-state index in [0.29, 0.717) is 47.4 Å². The van der Waals surface area contributed by atoms with Gasteiger partial charge in [-0.3, -0.25) is 4.79 Å². The van der Waals surface area contributed by atoms with Gasteiger partial charge in [-0.2, -0.15) is 0 Å². The lowest BCUT2D eigenvalue weighted by Gasteiger charge is -2.32. The Balaban J connectivity index is 2.09. The molecular formula is C23H37N3O4S. The molecule has 2 N–H and O–H groups in total. The number of methoxy groups -OCH3 is 3. The van der Waals surface area contributed by atoms with Crippen molar-refractivity contribution in [3.8, 4) is 17.2 Å². The highest BCUT2D eigenvalue weighted by molar-refractivity contribution is 7.80. The molecule has 1 aliphatic carbocycles. The van der Waals surface area contributed by atoms with Crippen LogP contribution in [-0.4, -0.2) is 56.4 Å². The average Bonchev–Trinajstić information content (AvgIpc) is 3.29. The molecule has 1 amide bonds. The summed E-state index contributed by atoms with van der Waals surface area (Å²) >= 11 is 5.70. The standard InChI is InChI=1S/C23H37N3O4S/c1-16(2)10-11-24-21(27)14-25-23(31)26(18-8-6-7-9-18)15-17-12-19(28-3)22(30-5)20(13-17)29-4/h12-13,16,18H,6-11,14-15H2,1-5H3,(H,24,27)(H,25,31). The molecule has 0 heterocycles. The van der Waals surface area contributed by atoms with Crippen molar-refractivity contribution in [2.75, 3.05) is 34.4 Å². The quantitative estimate of drug-likeness (QED) is 0.499. The second kappa shape index (κ2) is 12.6. The van der Waals surface area contributed by atoms with E-state index in [0.717, 1.165) is 24.8 Å². The summed E-state index contributed by atoms with van der Waals surface area (Å²) in [6.07, 6.45) is 5.52. The van der Waals surface area contributed by atoms with Gasteiger partial charge in [-0.15, -0.1) is 0 Å². The van der Waals surface area contributed by atoms with E-state index >= 15 is 0 Å². The van der Waals surface area contributed by atoms with Crippen LogP contribution < -0.4 is 24.8 Å². The number of rotatable bonds is 11. The highest BCUT2D eigenvalue weighted by Gasteiger charge is 2.26. The van der Waals surface area contributed by atoms with Crippen LogP contribution in [0.4, 0.5) is 0 Å². The second-order valence-electron chi connectivity index (χ2n) is 8.29. The van der Waals surface area contributed by atoms with Gasteiger partial charge in [0.05, 0.1) is 27.9 Å². The first kappa shape index (κ1) is 25.0. The predicted molar refractivity (Wildman–Crippen MR) is 127 cm³/mol. The summed E-state index contributed by atoms with van der Waals surface area (Å²) in [5.41, 5.74) is 1.01. The number of benzene rings is 1. The van der Waals surface area contributed by atoms with Gasteiger partial charge >= 0.3 is 0 Å². The number of amides is 1. The minimum Gasteiger partial charge on any atom is -0.493 e. The fourth-order valence-electron chi connectivity index (χ4n) is 3.83. The van der Waals surface area contributed by atoms with Crippen molar-refractivity contribution in [3.63, 3.8) is 0 Å². The normalized spacial score (nSPS) is 13.7. The zero-order valence-electron chi connectivity index (χ0n) is 19.5. The van der Waals surface area contributed by atoms with Crippen LogP contribution in [0.3, 0.4) is 0 Å². The van der Waals surface area contributed by atoms with E-state index in [1.807, 2.05) is 12.1 Å². The number of nitrogens with zero attached hydrogens (tertiary/aromatic N) is 1. The molecule has 174 valence electrons. The molecule has 1 aliphatic rings. The molecule has 1 saturated carbocycles. The van der Waals surface area contributed by atoms with E-state index in [-0.39, 0.29) is 12.5 Å². The van der Waals surface area contributed by atoms with Crippen LogP contribution in [0.15, 0.2) is 12.1 Å². The SMILES string of the molecule is COc1cc(CN(C(=S)NCC(=O)NCCC(C)C)C2CCCC2)cc(OC)c1OC. The first-order valence-electron chi connectivity index (χ1n) is 11.0. The van der Waals surface area contributed by atoms with E-state index in [1.165, 1.54) is 12.8 Å². The van der Waals surface area contributed by atoms with Crippen LogP contribution >= 0.6 is 12.2 Å². The summed E-state index contributed by atoms with van der Waals surface area (Å²) in [6, 6.07) is 4.25. The Morgan fingerprint density at radius 3 is 2.23 bits per heavy atom. The van der Waals surface area contributed by atoms with Crippen LogP contribution in [-0.2, 0) is 11.3 Å². The van der Waals surface area contributed by atoms with Gasteiger partial charge in [0.15, 0.2) is 16.6 Å². The molecular weight excluding hydrogens is 414 g/mol. The van der Waals surface area contributed by atoms with Gasteiger partial charge in [0.2, 0.25) is 11.7 Å². The van der Waals surface area contributed by atoms with E-state index in [1.54, 1.807) is 21.3 Å². The van der Waals surface area contributed by atoms with Crippen LogP contribution in [0.5, 0.6) is 17.2 Å². The number of carbonyl (C=O) groups excluding carboxylic acids is 1. The summed E-state index contributed by atoms with van der Waals surface area (Å²) in [6.45, 7) is 5.74. The van der Waals surface area contributed by atoms with Crippen molar-refractivity contribution >= 4 is 23.2 Å². The lowest BCUT2D eigenvalue weighted by Crippen LogP contribution is -2.47. The number of ether oxygens (including phenoxy) is 3. The zero-order chi connectivity index (χ0) is 22.8. The minimum absolute atomic E-state index is 0.0397. The van der Waals surface area contributed by atoms with Crippen LogP contribution in [0, 0.1) is 5.92 Å². The molecule has 0 aliphatic heterocycles. The lowest BCUT2D eigenvalue weighted by molar-refractivity contribution is -0.120. The molecule has 0 spiro atoms. The number of thiocarbonyl (C=S) groups is 1. The maximum absolute atomic E-state index is 12.2. The number of carbonyl (C=O) groups is 1. The van der Waals surface area contributed by atoms with Crippen LogP contribution in [0.2, 0.25) is 0 Å². The number of hydrogen-bond acceptors (Lipinski definition) is 5. The average molecular weight is 452 g/mol. The first-order valence-corrected chi connectivity index (χ1v) is 11.4. The second-order valence-corrected chi connectivity index (χ2v) is 8.68. The fourth-order valence-corrected chi connectivity index (χ4v) is 4.11. The maximum Gasteiger partial charge on any atom is 0.239 e. The Kier molecular flexibility index (Phi) is 10.2. The molecule has 31 heavy (non-hydrogen) atoms. The smallest absolute Gasteiger partial charge is 0.239 e. The number of hydrogen-bond donors (Lipinski definition) is 2. The van der Waals surface area contributed by atoms with Crippen molar-refractivity contribution in [1.29, 1.82) is 0 Å². The van der Waals surface area contributed by atoms with Crippen LogP contribution in [0.1, 0.15) is 51.5 Å². The minimum atomic E-state index is -0.0397. The van der Waals surface area contributed by atoms with Gasteiger partial charge in [0, 0.05) is 19.1 Å². The molecule has 0 unspecified atom stereocenters. The molecule has 0 atom stereocenters. The Labute approximate surface area is 191 Å². The third kappa shape index (κ3) is 7.45. The molecule has 1 aromatic rings. The third-order valence-electron chi connectivity index (χ3n) is 5.55. The van der Waals surface area contributed by atoms with Crippen molar-refractivity contribution < 1.29 is 19.0 Å². The largest absolute Gasteiger partial charge is 0.493 e. The summed E-state index contributed by atoms with van der Waals surface area (Å²) in [4.78, 5) is 14.4. The Morgan fingerprint density at radius 2 is 1.71 bits per heavy atom. The molecule has 0 saturated heterocycles. The molecule has 1 fully saturated rings. The third-order valence-corrected chi connectivity index (χ3v) is 5.93. The van der Waals surface area contributed by atoms with Gasteiger partial charge in [0.25, 0.3) is 0 Å². The molecule has 8 heteroatoms. The van der Waals surface area contributed by atoms with E-state index in [9.17, 15) is 4.79 Å². The highest BCUT2D eigenvalue weighted by atomic mass is 32.1.